The molecule has 0 saturated heterocycles. The molecule has 14 heteroatoms. The number of nitrogens with zero attached hydrogens (tertiary/aromatic N) is 13. The van der Waals surface area contributed by atoms with Gasteiger partial charge in [0.2, 0.25) is 0 Å². The zero-order chi connectivity index (χ0) is 82.2. The van der Waals surface area contributed by atoms with Crippen molar-refractivity contribution in [3.8, 4) is 96.0 Å². The van der Waals surface area contributed by atoms with E-state index < -0.39 is 0 Å². The van der Waals surface area contributed by atoms with Crippen molar-refractivity contribution in [3.05, 3.63) is 420 Å². The van der Waals surface area contributed by atoms with Crippen LogP contribution < -0.4 is 0 Å². The van der Waals surface area contributed by atoms with Crippen LogP contribution in [0.15, 0.2) is 420 Å². The predicted molar refractivity (Wildman–Crippen MR) is 510 cm³/mol. The first-order chi connectivity index (χ1) is 61.4. The average Bonchev–Trinajstić information content (AvgIpc) is 1.61. The molecule has 0 amide bonds. The summed E-state index contributed by atoms with van der Waals surface area (Å²) in [6.45, 7) is 0. The Balaban J connectivity index is 0.0000000984. The molecule has 0 spiro atoms. The summed E-state index contributed by atoms with van der Waals surface area (Å²) in [6.07, 6.45) is 14.9. The lowest BCUT2D eigenvalue weighted by molar-refractivity contribution is 1.10. The molecule has 0 radical (unpaired) electrons. The van der Waals surface area contributed by atoms with E-state index in [0.717, 1.165) is 187 Å². The molecule has 0 N–H and O–H groups in total. The van der Waals surface area contributed by atoms with Crippen LogP contribution in [0, 0.1) is 0 Å². The third-order valence-electron chi connectivity index (χ3n) is 22.7. The molecule has 0 aliphatic carbocycles. The van der Waals surface area contributed by atoms with Crippen molar-refractivity contribution in [3.63, 3.8) is 0 Å². The Morgan fingerprint density at radius 3 is 1.15 bits per heavy atom. The molecule has 25 rings (SSSR count). The van der Waals surface area contributed by atoms with Crippen LogP contribution in [0.5, 0.6) is 0 Å². The summed E-state index contributed by atoms with van der Waals surface area (Å²) < 4.78 is 4.57. The fourth-order valence-electron chi connectivity index (χ4n) is 16.7. The van der Waals surface area contributed by atoms with Gasteiger partial charge in [-0.25, -0.2) is 29.9 Å². The highest BCUT2D eigenvalue weighted by Crippen LogP contribution is 2.42. The van der Waals surface area contributed by atoms with Crippen molar-refractivity contribution in [1.82, 2.24) is 64.4 Å². The highest BCUT2D eigenvalue weighted by atomic mass is 32.1. The standard InChI is InChI=1S/C29H17N3S.C28H18N4.C27H17N3.C26H17N3/c1-2-8-18(9-3-1)26-28-27(23-12-6-7-13-25(23)33-28)32-29(31-26)19-14-15-22-21-11-5-4-10-20(21)17-30-24(22)16-19;1-2-4-24-22(3-1)18-31-28-15-21(5-6-25(24)28)23-16-26(19-7-11-29-12-8-19)32-27(17-23)20-9-13-30-14-10-20;1-2-8-18(9-3-1)26-23-12-6-7-13-24(23)29-27(30-26)19-14-15-22-21-11-5-4-10-20(21)17-28-25(22)16-19;1-2-9-20(10-3-1)29-25-13-7-6-12-23(25)28-26(29)18-14-15-22-21-11-5-4-8-19(21)17-27-24(22)16-18/h1-17H;1-18H;1-17H;1-17H. The predicted octanol–water partition coefficient (Wildman–Crippen LogP) is 27.5. The van der Waals surface area contributed by atoms with E-state index in [-0.39, 0.29) is 0 Å². The van der Waals surface area contributed by atoms with Gasteiger partial charge in [-0.1, -0.05) is 273 Å². The fraction of sp³-hybridized carbons (Fsp3) is 0. The van der Waals surface area contributed by atoms with E-state index in [1.165, 1.54) is 31.6 Å². The Hall–Kier alpha value is -16.7. The first-order valence-corrected chi connectivity index (χ1v) is 41.8. The van der Waals surface area contributed by atoms with Gasteiger partial charge >= 0.3 is 0 Å². The molecule has 0 aliphatic heterocycles. The third-order valence-corrected chi connectivity index (χ3v) is 23.9. The number of hydrogen-bond acceptors (Lipinski definition) is 13. The number of aromatic nitrogens is 13. The van der Waals surface area contributed by atoms with E-state index in [1.54, 1.807) is 36.1 Å². The van der Waals surface area contributed by atoms with Crippen molar-refractivity contribution in [1.29, 1.82) is 0 Å². The highest BCUT2D eigenvalue weighted by Gasteiger charge is 2.21. The van der Waals surface area contributed by atoms with E-state index in [9.17, 15) is 0 Å². The number of para-hydroxylation sites is 4. The quantitative estimate of drug-likeness (QED) is 0.126. The summed E-state index contributed by atoms with van der Waals surface area (Å²) in [5.41, 5.74) is 22.2. The molecule has 0 bridgehead atoms. The van der Waals surface area contributed by atoms with E-state index in [4.69, 9.17) is 44.9 Å². The van der Waals surface area contributed by atoms with Crippen molar-refractivity contribution in [2.24, 2.45) is 0 Å². The molecule has 0 fully saturated rings. The van der Waals surface area contributed by atoms with Crippen LogP contribution in [-0.2, 0) is 0 Å². The van der Waals surface area contributed by atoms with Crippen molar-refractivity contribution in [2.45, 2.75) is 0 Å². The molecule has 13 nitrogen and oxygen atoms in total. The first-order valence-electron chi connectivity index (χ1n) is 41.0. The summed E-state index contributed by atoms with van der Waals surface area (Å²) in [4.78, 5) is 57.0. The highest BCUT2D eigenvalue weighted by molar-refractivity contribution is 7.26. The maximum atomic E-state index is 5.08. The number of thiophene rings is 1. The van der Waals surface area contributed by atoms with Gasteiger partial charge in [-0.15, -0.1) is 11.3 Å². The monoisotopic (exact) mass is 1600 g/mol. The molecule has 0 aliphatic rings. The van der Waals surface area contributed by atoms with Gasteiger partial charge in [-0.05, 0) is 130 Å². The van der Waals surface area contributed by atoms with Gasteiger partial charge in [0.25, 0.3) is 0 Å². The summed E-state index contributed by atoms with van der Waals surface area (Å²) in [5.74, 6) is 2.36. The lowest BCUT2D eigenvalue weighted by atomic mass is 9.98. The van der Waals surface area contributed by atoms with E-state index in [2.05, 4.69) is 286 Å². The Labute approximate surface area is 715 Å². The summed E-state index contributed by atoms with van der Waals surface area (Å²) in [5, 5.41) is 16.3. The molecular formula is C110H69N13S. The number of fused-ring (bicyclic) bond motifs is 17. The lowest BCUT2D eigenvalue weighted by Gasteiger charge is -2.11. The zero-order valence-corrected chi connectivity index (χ0v) is 67.4. The number of hydrogen-bond donors (Lipinski definition) is 0. The van der Waals surface area contributed by atoms with Gasteiger partial charge in [0.05, 0.1) is 71.6 Å². The van der Waals surface area contributed by atoms with Crippen LogP contribution in [0.4, 0.5) is 0 Å². The van der Waals surface area contributed by atoms with Crippen LogP contribution in [0.25, 0.3) is 225 Å². The van der Waals surface area contributed by atoms with Gasteiger partial charge in [-0.2, -0.15) is 0 Å². The fourth-order valence-corrected chi connectivity index (χ4v) is 17.8. The number of pyridine rings is 7. The summed E-state index contributed by atoms with van der Waals surface area (Å²) in [6, 6.07) is 127. The molecular weight excluding hydrogens is 1540 g/mol. The van der Waals surface area contributed by atoms with E-state index >= 15 is 0 Å². The van der Waals surface area contributed by atoms with Crippen LogP contribution in [-0.4, -0.2) is 64.4 Å². The summed E-state index contributed by atoms with van der Waals surface area (Å²) >= 11 is 1.75. The molecule has 11 aromatic heterocycles. The third kappa shape index (κ3) is 14.2. The number of rotatable bonds is 9. The van der Waals surface area contributed by atoms with Crippen LogP contribution >= 0.6 is 11.3 Å². The molecule has 0 unspecified atom stereocenters. The van der Waals surface area contributed by atoms with Crippen LogP contribution in [0.2, 0.25) is 0 Å². The lowest BCUT2D eigenvalue weighted by Crippen LogP contribution is -1.97. The molecule has 0 saturated carbocycles. The van der Waals surface area contributed by atoms with Crippen LogP contribution in [0.3, 0.4) is 0 Å². The minimum atomic E-state index is 0.712. The largest absolute Gasteiger partial charge is 0.292 e. The van der Waals surface area contributed by atoms with Gasteiger partial charge < -0.3 is 0 Å². The smallest absolute Gasteiger partial charge is 0.160 e. The van der Waals surface area contributed by atoms with Gasteiger partial charge in [-0.3, -0.25) is 34.5 Å². The minimum Gasteiger partial charge on any atom is -0.292 e. The molecule has 0 atom stereocenters. The second-order valence-corrected chi connectivity index (χ2v) is 31.4. The number of imidazole rings is 1. The second kappa shape index (κ2) is 32.2. The van der Waals surface area contributed by atoms with Crippen molar-refractivity contribution in [2.75, 3.05) is 0 Å². The molecule has 124 heavy (non-hydrogen) atoms. The van der Waals surface area contributed by atoms with Gasteiger partial charge in [0, 0.05) is 153 Å². The second-order valence-electron chi connectivity index (χ2n) is 30.3. The van der Waals surface area contributed by atoms with Gasteiger partial charge in [0.1, 0.15) is 5.82 Å². The Morgan fingerprint density at radius 2 is 0.621 bits per heavy atom. The molecule has 14 aromatic carbocycles. The molecule has 25 aromatic rings. The van der Waals surface area contributed by atoms with Crippen LogP contribution in [0.1, 0.15) is 0 Å². The Morgan fingerprint density at radius 1 is 0.226 bits per heavy atom. The molecule has 580 valence electrons. The van der Waals surface area contributed by atoms with E-state index in [0.29, 0.717) is 5.82 Å². The van der Waals surface area contributed by atoms with Crippen molar-refractivity contribution >= 4 is 140 Å². The topological polar surface area (TPSA) is 160 Å². The maximum absolute atomic E-state index is 5.08. The van der Waals surface area contributed by atoms with E-state index in [1.807, 2.05) is 128 Å². The SMILES string of the molecule is c1ccc(-c2nc(-c3ccc4c(c3)ncc3ccccc34)nc3c2sc2ccccc23)cc1.c1ccc(-c2nc(-c3ccc4c(c3)ncc3ccccc34)nc3ccccc23)cc1.c1ccc(-n2c(-c3ccc4c(c3)ncc3ccccc34)nc3ccccc32)cc1.c1ccc2c(c1)cnc1cc(-c3cc(-c4ccncc4)nc(-c4ccncc4)c3)ccc12. The molecule has 11 heterocycles. The first kappa shape index (κ1) is 73.7. The normalized spacial score (nSPS) is 11.4. The van der Waals surface area contributed by atoms with Crippen molar-refractivity contribution < 1.29 is 0 Å². The summed E-state index contributed by atoms with van der Waals surface area (Å²) in [7, 11) is 0. The zero-order valence-electron chi connectivity index (χ0n) is 66.6. The Bertz CT molecular complexity index is 8330. The maximum Gasteiger partial charge on any atom is 0.160 e. The average molecular weight is 1600 g/mol. The Kier molecular flexibility index (Phi) is 19.1. The number of benzene rings is 14. The van der Waals surface area contributed by atoms with Gasteiger partial charge in [0.15, 0.2) is 11.6 Å². The minimum absolute atomic E-state index is 0.712.